The molecule has 6 heteroatoms. The van der Waals surface area contributed by atoms with E-state index in [1.807, 2.05) is 18.6 Å². The molecule has 6 nitrogen and oxygen atoms in total. The Bertz CT molecular complexity index is 846. The standard InChI is InChI=1S/C19H25N5O/c1-14-4-3-8-24-16(13-22-18(14)24)12-21-17(15-5-10-25-11-6-15)19-20-7-9-23(19)2/h3-4,7-9,13,15,17,21H,5-6,10-12H2,1-2H3/t17-/m1/s1. The highest BCUT2D eigenvalue weighted by Crippen LogP contribution is 2.29. The van der Waals surface area contributed by atoms with E-state index in [-0.39, 0.29) is 6.04 Å². The number of fused-ring (bicyclic) bond motifs is 1. The molecule has 4 heterocycles. The molecule has 3 aromatic heterocycles. The molecule has 25 heavy (non-hydrogen) atoms. The van der Waals surface area contributed by atoms with Crippen LogP contribution in [-0.4, -0.2) is 32.1 Å². The van der Waals surface area contributed by atoms with Crippen LogP contribution in [0.2, 0.25) is 0 Å². The smallest absolute Gasteiger partial charge is 0.139 e. The van der Waals surface area contributed by atoms with Crippen molar-refractivity contribution in [2.24, 2.45) is 13.0 Å². The van der Waals surface area contributed by atoms with Gasteiger partial charge in [0.25, 0.3) is 0 Å². The average Bonchev–Trinajstić information content (AvgIpc) is 3.24. The molecule has 3 aromatic rings. The molecule has 0 radical (unpaired) electrons. The number of imidazole rings is 2. The molecule has 4 rings (SSSR count). The first-order valence-electron chi connectivity index (χ1n) is 8.94. The molecule has 0 bridgehead atoms. The number of pyridine rings is 1. The lowest BCUT2D eigenvalue weighted by Gasteiger charge is -2.30. The second kappa shape index (κ2) is 6.98. The predicted molar refractivity (Wildman–Crippen MR) is 96.3 cm³/mol. The van der Waals surface area contributed by atoms with Crippen LogP contribution in [0.4, 0.5) is 0 Å². The summed E-state index contributed by atoms with van der Waals surface area (Å²) in [6, 6.07) is 4.39. The van der Waals surface area contributed by atoms with Gasteiger partial charge in [-0.1, -0.05) is 6.07 Å². The summed E-state index contributed by atoms with van der Waals surface area (Å²) in [5, 5.41) is 3.75. The van der Waals surface area contributed by atoms with E-state index in [1.54, 1.807) is 0 Å². The van der Waals surface area contributed by atoms with Crippen molar-refractivity contribution in [1.29, 1.82) is 0 Å². The summed E-state index contributed by atoms with van der Waals surface area (Å²) in [6.07, 6.45) is 10.1. The number of rotatable bonds is 5. The summed E-state index contributed by atoms with van der Waals surface area (Å²) in [5.41, 5.74) is 3.39. The normalized spacial score (nSPS) is 17.2. The van der Waals surface area contributed by atoms with Gasteiger partial charge >= 0.3 is 0 Å². The quantitative estimate of drug-likeness (QED) is 0.776. The molecule has 1 aliphatic heterocycles. The molecular weight excluding hydrogens is 314 g/mol. The van der Waals surface area contributed by atoms with Gasteiger partial charge in [-0.25, -0.2) is 9.97 Å². The van der Waals surface area contributed by atoms with E-state index < -0.39 is 0 Å². The average molecular weight is 339 g/mol. The fraction of sp³-hybridized carbons (Fsp3) is 0.474. The minimum atomic E-state index is 0.222. The van der Waals surface area contributed by atoms with Gasteiger partial charge in [0.15, 0.2) is 0 Å². The van der Waals surface area contributed by atoms with Crippen LogP contribution in [-0.2, 0) is 18.3 Å². The van der Waals surface area contributed by atoms with Gasteiger partial charge in [-0.15, -0.1) is 0 Å². The third-order valence-electron chi connectivity index (χ3n) is 5.18. The third kappa shape index (κ3) is 3.19. The summed E-state index contributed by atoms with van der Waals surface area (Å²) in [6.45, 7) is 4.53. The number of hydrogen-bond donors (Lipinski definition) is 1. The maximum Gasteiger partial charge on any atom is 0.139 e. The van der Waals surface area contributed by atoms with Gasteiger partial charge in [0.05, 0.1) is 17.9 Å². The van der Waals surface area contributed by atoms with Gasteiger partial charge < -0.3 is 19.0 Å². The Morgan fingerprint density at radius 1 is 1.28 bits per heavy atom. The van der Waals surface area contributed by atoms with Crippen molar-refractivity contribution in [3.05, 3.63) is 54.0 Å². The molecular formula is C19H25N5O. The van der Waals surface area contributed by atoms with Crippen LogP contribution in [0.1, 0.15) is 36.0 Å². The highest BCUT2D eigenvalue weighted by Gasteiger charge is 2.28. The second-order valence-electron chi connectivity index (χ2n) is 6.84. The number of aryl methyl sites for hydroxylation is 2. The van der Waals surface area contributed by atoms with Gasteiger partial charge in [-0.3, -0.25) is 0 Å². The lowest BCUT2D eigenvalue weighted by Crippen LogP contribution is -2.33. The number of nitrogens with one attached hydrogen (secondary N) is 1. The van der Waals surface area contributed by atoms with Crippen molar-refractivity contribution < 1.29 is 4.74 Å². The molecule has 0 aromatic carbocycles. The molecule has 0 saturated carbocycles. The summed E-state index contributed by atoms with van der Waals surface area (Å²) in [4.78, 5) is 9.18. The minimum Gasteiger partial charge on any atom is -0.381 e. The molecule has 0 spiro atoms. The van der Waals surface area contributed by atoms with Crippen LogP contribution in [0.15, 0.2) is 36.9 Å². The van der Waals surface area contributed by atoms with Gasteiger partial charge in [-0.2, -0.15) is 0 Å². The van der Waals surface area contributed by atoms with Crippen LogP contribution in [0.25, 0.3) is 5.65 Å². The molecule has 1 aliphatic rings. The van der Waals surface area contributed by atoms with E-state index in [0.717, 1.165) is 44.1 Å². The van der Waals surface area contributed by atoms with Crippen molar-refractivity contribution in [1.82, 2.24) is 24.3 Å². The number of ether oxygens (including phenoxy) is 1. The zero-order valence-corrected chi connectivity index (χ0v) is 14.9. The molecule has 132 valence electrons. The first-order valence-corrected chi connectivity index (χ1v) is 8.94. The highest BCUT2D eigenvalue weighted by molar-refractivity contribution is 5.48. The largest absolute Gasteiger partial charge is 0.381 e. The Morgan fingerprint density at radius 2 is 2.12 bits per heavy atom. The Hall–Kier alpha value is -2.18. The zero-order valence-electron chi connectivity index (χ0n) is 14.9. The number of nitrogens with zero attached hydrogens (tertiary/aromatic N) is 4. The first-order chi connectivity index (χ1) is 12.2. The van der Waals surface area contributed by atoms with Gasteiger partial charge in [0.1, 0.15) is 11.5 Å². The van der Waals surface area contributed by atoms with Gasteiger partial charge in [0, 0.05) is 45.4 Å². The zero-order chi connectivity index (χ0) is 17.2. The molecule has 1 fully saturated rings. The van der Waals surface area contributed by atoms with Crippen LogP contribution in [0.5, 0.6) is 0 Å². The Labute approximate surface area is 147 Å². The van der Waals surface area contributed by atoms with Crippen LogP contribution < -0.4 is 5.32 Å². The second-order valence-corrected chi connectivity index (χ2v) is 6.84. The molecule has 1 atom stereocenters. The van der Waals surface area contributed by atoms with E-state index in [0.29, 0.717) is 5.92 Å². The first kappa shape index (κ1) is 16.3. The van der Waals surface area contributed by atoms with E-state index in [9.17, 15) is 0 Å². The van der Waals surface area contributed by atoms with E-state index in [2.05, 4.69) is 56.6 Å². The minimum absolute atomic E-state index is 0.222. The Balaban J connectivity index is 1.58. The topological polar surface area (TPSA) is 56.4 Å². The molecule has 1 saturated heterocycles. The molecule has 0 amide bonds. The Morgan fingerprint density at radius 3 is 2.88 bits per heavy atom. The monoisotopic (exact) mass is 339 g/mol. The van der Waals surface area contributed by atoms with Crippen molar-refractivity contribution in [3.63, 3.8) is 0 Å². The fourth-order valence-corrected chi connectivity index (χ4v) is 3.74. The van der Waals surface area contributed by atoms with Gasteiger partial charge in [0.2, 0.25) is 0 Å². The Kier molecular flexibility index (Phi) is 4.55. The van der Waals surface area contributed by atoms with Crippen molar-refractivity contribution in [3.8, 4) is 0 Å². The number of aromatic nitrogens is 4. The van der Waals surface area contributed by atoms with Crippen molar-refractivity contribution >= 4 is 5.65 Å². The maximum atomic E-state index is 5.55. The van der Waals surface area contributed by atoms with Crippen LogP contribution in [0.3, 0.4) is 0 Å². The molecule has 1 N–H and O–H groups in total. The van der Waals surface area contributed by atoms with Crippen LogP contribution in [0, 0.1) is 12.8 Å². The number of hydrogen-bond acceptors (Lipinski definition) is 4. The fourth-order valence-electron chi connectivity index (χ4n) is 3.74. The highest BCUT2D eigenvalue weighted by atomic mass is 16.5. The predicted octanol–water partition coefficient (Wildman–Crippen LogP) is 2.63. The maximum absolute atomic E-state index is 5.55. The molecule has 0 aliphatic carbocycles. The summed E-state index contributed by atoms with van der Waals surface area (Å²) in [5.74, 6) is 1.63. The lowest BCUT2D eigenvalue weighted by atomic mass is 9.91. The summed E-state index contributed by atoms with van der Waals surface area (Å²) in [7, 11) is 2.06. The third-order valence-corrected chi connectivity index (χ3v) is 5.18. The summed E-state index contributed by atoms with van der Waals surface area (Å²) >= 11 is 0. The van der Waals surface area contributed by atoms with Gasteiger partial charge in [-0.05, 0) is 37.3 Å². The van der Waals surface area contributed by atoms with Crippen LogP contribution >= 0.6 is 0 Å². The lowest BCUT2D eigenvalue weighted by molar-refractivity contribution is 0.0517. The summed E-state index contributed by atoms with van der Waals surface area (Å²) < 4.78 is 9.83. The molecule has 0 unspecified atom stereocenters. The SMILES string of the molecule is Cc1cccn2c(CN[C@@H](c3nccn3C)C3CCOCC3)cnc12. The van der Waals surface area contributed by atoms with E-state index >= 15 is 0 Å². The van der Waals surface area contributed by atoms with Crippen molar-refractivity contribution in [2.45, 2.75) is 32.4 Å². The van der Waals surface area contributed by atoms with E-state index in [4.69, 9.17) is 4.74 Å². The van der Waals surface area contributed by atoms with Crippen molar-refractivity contribution in [2.75, 3.05) is 13.2 Å². The van der Waals surface area contributed by atoms with E-state index in [1.165, 1.54) is 11.3 Å².